The smallest absolute Gasteiger partial charge is 0.280 e. The first-order chi connectivity index (χ1) is 10.2. The summed E-state index contributed by atoms with van der Waals surface area (Å²) in [6, 6.07) is 0. The molecule has 0 bridgehead atoms. The number of nitrogens with zero attached hydrogens (tertiary/aromatic N) is 1. The van der Waals surface area contributed by atoms with Crippen LogP contribution in [0.4, 0.5) is 0 Å². The highest BCUT2D eigenvalue weighted by atomic mass is 31.2. The molecular weight excluding hydrogens is 309 g/mol. The van der Waals surface area contributed by atoms with Crippen LogP contribution in [0, 0.1) is 11.3 Å². The van der Waals surface area contributed by atoms with E-state index in [-0.39, 0.29) is 23.4 Å². The van der Waals surface area contributed by atoms with Crippen molar-refractivity contribution in [1.29, 1.82) is 0 Å². The van der Waals surface area contributed by atoms with E-state index in [4.69, 9.17) is 4.52 Å². The number of rotatable bonds is 5. The molecule has 23 heavy (non-hydrogen) atoms. The Kier molecular flexibility index (Phi) is 5.79. The van der Waals surface area contributed by atoms with Gasteiger partial charge in [0.25, 0.3) is 7.52 Å². The van der Waals surface area contributed by atoms with Gasteiger partial charge in [0.2, 0.25) is 0 Å². The Morgan fingerprint density at radius 3 is 2.30 bits per heavy atom. The van der Waals surface area contributed by atoms with Crippen molar-refractivity contribution in [3.63, 3.8) is 0 Å². The minimum absolute atomic E-state index is 0.0162. The van der Waals surface area contributed by atoms with E-state index in [9.17, 15) is 9.36 Å². The van der Waals surface area contributed by atoms with Crippen molar-refractivity contribution in [1.82, 2.24) is 4.67 Å². The van der Waals surface area contributed by atoms with E-state index in [0.29, 0.717) is 6.54 Å². The van der Waals surface area contributed by atoms with Crippen molar-refractivity contribution in [2.75, 3.05) is 12.7 Å². The fraction of sp³-hybridized carbons (Fsp3) is 0.833. The maximum Gasteiger partial charge on any atom is 0.280 e. The van der Waals surface area contributed by atoms with Crippen LogP contribution in [-0.2, 0) is 13.9 Å². The van der Waals surface area contributed by atoms with E-state index in [1.807, 2.05) is 60.1 Å². The number of Topliss-reactive ketones (excluding diaryl/α,β-unsaturated/α-hetero) is 1. The van der Waals surface area contributed by atoms with Gasteiger partial charge < -0.3 is 4.52 Å². The Labute approximate surface area is 142 Å². The quantitative estimate of drug-likeness (QED) is 0.526. The van der Waals surface area contributed by atoms with Crippen molar-refractivity contribution in [3.05, 3.63) is 12.7 Å². The molecule has 0 aromatic carbocycles. The van der Waals surface area contributed by atoms with Gasteiger partial charge in [0, 0.05) is 17.5 Å². The Hall–Kier alpha value is -0.440. The SMILES string of the molecule is C=CC(C)C(C)(C)C(=O)CP1(=O)OC(C)(C)CCN1C(C)(C)C. The highest BCUT2D eigenvalue weighted by Gasteiger charge is 2.49. The first-order valence-electron chi connectivity index (χ1n) is 8.39. The molecule has 2 unspecified atom stereocenters. The first kappa shape index (κ1) is 20.6. The Morgan fingerprint density at radius 1 is 1.35 bits per heavy atom. The predicted molar refractivity (Wildman–Crippen MR) is 96.9 cm³/mol. The standard InChI is InChI=1S/C18H34NO3P/c1-10-14(2)18(8,9)15(20)13-23(21)19(16(3,4)5)12-11-17(6,7)22-23/h10,14H,1,11-13H2,2-9H3. The van der Waals surface area contributed by atoms with Gasteiger partial charge in [-0.3, -0.25) is 9.36 Å². The van der Waals surface area contributed by atoms with Gasteiger partial charge in [0.1, 0.15) is 5.78 Å². The van der Waals surface area contributed by atoms with Crippen molar-refractivity contribution in [2.24, 2.45) is 11.3 Å². The molecule has 1 fully saturated rings. The van der Waals surface area contributed by atoms with Gasteiger partial charge in [-0.1, -0.05) is 26.8 Å². The molecule has 1 aliphatic heterocycles. The third-order valence-electron chi connectivity index (χ3n) is 5.01. The van der Waals surface area contributed by atoms with E-state index in [2.05, 4.69) is 6.58 Å². The lowest BCUT2D eigenvalue weighted by Crippen LogP contribution is -2.49. The molecule has 0 radical (unpaired) electrons. The van der Waals surface area contributed by atoms with Gasteiger partial charge in [-0.05, 0) is 47.0 Å². The second-order valence-corrected chi connectivity index (χ2v) is 11.1. The van der Waals surface area contributed by atoms with E-state index in [0.717, 1.165) is 6.42 Å². The van der Waals surface area contributed by atoms with Crippen molar-refractivity contribution >= 4 is 13.3 Å². The summed E-state index contributed by atoms with van der Waals surface area (Å²) in [5.41, 5.74) is -1.38. The molecule has 0 spiro atoms. The normalized spacial score (nSPS) is 27.5. The van der Waals surface area contributed by atoms with Gasteiger partial charge in [0.05, 0.1) is 11.8 Å². The fourth-order valence-electron chi connectivity index (χ4n) is 2.85. The summed E-state index contributed by atoms with van der Waals surface area (Å²) in [7, 11) is -3.22. The van der Waals surface area contributed by atoms with E-state index < -0.39 is 18.5 Å². The minimum atomic E-state index is -3.22. The predicted octanol–water partition coefficient (Wildman–Crippen LogP) is 4.90. The largest absolute Gasteiger partial charge is 0.311 e. The molecule has 1 rings (SSSR count). The minimum Gasteiger partial charge on any atom is -0.311 e. The molecule has 0 amide bonds. The maximum atomic E-state index is 13.7. The lowest BCUT2D eigenvalue weighted by molar-refractivity contribution is -0.126. The Morgan fingerprint density at radius 2 is 1.87 bits per heavy atom. The Bertz CT molecular complexity index is 517. The third kappa shape index (κ3) is 4.55. The summed E-state index contributed by atoms with van der Waals surface area (Å²) >= 11 is 0. The Balaban J connectivity index is 3.15. The summed E-state index contributed by atoms with van der Waals surface area (Å²) in [6.07, 6.45) is 2.54. The van der Waals surface area contributed by atoms with Crippen LogP contribution in [0.3, 0.4) is 0 Å². The lowest BCUT2D eigenvalue weighted by atomic mass is 9.77. The second kappa shape index (κ2) is 6.46. The van der Waals surface area contributed by atoms with Crippen LogP contribution in [0.25, 0.3) is 0 Å². The molecule has 134 valence electrons. The lowest BCUT2D eigenvalue weighted by Gasteiger charge is -2.48. The van der Waals surface area contributed by atoms with Crippen molar-refractivity contribution in [2.45, 2.75) is 73.0 Å². The van der Waals surface area contributed by atoms with Crippen LogP contribution in [0.1, 0.15) is 61.8 Å². The monoisotopic (exact) mass is 343 g/mol. The molecule has 1 saturated heterocycles. The van der Waals surface area contributed by atoms with Gasteiger partial charge in [-0.25, -0.2) is 4.67 Å². The second-order valence-electron chi connectivity index (χ2n) is 8.86. The summed E-state index contributed by atoms with van der Waals surface area (Å²) in [4.78, 5) is 12.9. The number of allylic oxidation sites excluding steroid dienone is 1. The van der Waals surface area contributed by atoms with Crippen molar-refractivity contribution < 1.29 is 13.9 Å². The molecule has 5 heteroatoms. The molecule has 1 heterocycles. The number of hydrogen-bond donors (Lipinski definition) is 0. The summed E-state index contributed by atoms with van der Waals surface area (Å²) in [5.74, 6) is -0.0114. The molecule has 2 atom stereocenters. The van der Waals surface area contributed by atoms with Crippen LogP contribution in [0.5, 0.6) is 0 Å². The van der Waals surface area contributed by atoms with Crippen LogP contribution in [0.15, 0.2) is 12.7 Å². The van der Waals surface area contributed by atoms with Gasteiger partial charge >= 0.3 is 0 Å². The zero-order chi connectivity index (χ0) is 18.3. The number of carbonyl (C=O) groups excluding carboxylic acids is 1. The zero-order valence-corrected chi connectivity index (χ0v) is 17.0. The van der Waals surface area contributed by atoms with E-state index in [1.165, 1.54) is 0 Å². The summed E-state index contributed by atoms with van der Waals surface area (Å²) < 4.78 is 21.6. The average Bonchev–Trinajstić information content (AvgIpc) is 2.33. The number of hydrogen-bond acceptors (Lipinski definition) is 3. The van der Waals surface area contributed by atoms with E-state index in [1.54, 1.807) is 6.08 Å². The molecule has 0 aliphatic carbocycles. The molecular formula is C18H34NO3P. The third-order valence-corrected chi connectivity index (χ3v) is 8.01. The van der Waals surface area contributed by atoms with Gasteiger partial charge in [0.15, 0.2) is 0 Å². The van der Waals surface area contributed by atoms with Crippen LogP contribution in [0.2, 0.25) is 0 Å². The average molecular weight is 343 g/mol. The van der Waals surface area contributed by atoms with Crippen LogP contribution < -0.4 is 0 Å². The van der Waals surface area contributed by atoms with Gasteiger partial charge in [-0.2, -0.15) is 0 Å². The maximum absolute atomic E-state index is 13.7. The molecule has 1 aliphatic rings. The first-order valence-corrected chi connectivity index (χ1v) is 10.2. The van der Waals surface area contributed by atoms with Crippen LogP contribution >= 0.6 is 7.52 Å². The highest BCUT2D eigenvalue weighted by Crippen LogP contribution is 2.61. The van der Waals surface area contributed by atoms with Crippen molar-refractivity contribution in [3.8, 4) is 0 Å². The van der Waals surface area contributed by atoms with Gasteiger partial charge in [-0.15, -0.1) is 6.58 Å². The number of carbonyl (C=O) groups is 1. The molecule has 4 nitrogen and oxygen atoms in total. The molecule has 0 aromatic heterocycles. The fourth-order valence-corrected chi connectivity index (χ4v) is 6.14. The zero-order valence-electron chi connectivity index (χ0n) is 16.1. The topological polar surface area (TPSA) is 46.6 Å². The van der Waals surface area contributed by atoms with Crippen LogP contribution in [-0.4, -0.2) is 34.3 Å². The number of ketones is 1. The summed E-state index contributed by atoms with van der Waals surface area (Å²) in [5, 5.41) is 0. The molecule has 0 aromatic rings. The summed E-state index contributed by atoms with van der Waals surface area (Å²) in [6.45, 7) is 20.2. The molecule has 0 saturated carbocycles. The van der Waals surface area contributed by atoms with E-state index >= 15 is 0 Å². The highest BCUT2D eigenvalue weighted by molar-refractivity contribution is 7.57. The molecule has 0 N–H and O–H groups in total.